The zero-order valence-electron chi connectivity index (χ0n) is 19.7. The molecule has 1 aromatic carbocycles. The van der Waals surface area contributed by atoms with Gasteiger partial charge in [-0.15, -0.1) is 0 Å². The second kappa shape index (κ2) is 11.8. The lowest BCUT2D eigenvalue weighted by molar-refractivity contribution is -0.140. The fourth-order valence-electron chi connectivity index (χ4n) is 4.49. The van der Waals surface area contributed by atoms with E-state index in [1.165, 1.54) is 24.4 Å². The molecule has 7 nitrogen and oxygen atoms in total. The molecule has 0 bridgehead atoms. The van der Waals surface area contributed by atoms with Gasteiger partial charge < -0.3 is 19.8 Å². The van der Waals surface area contributed by atoms with Crippen molar-refractivity contribution in [2.45, 2.75) is 57.6 Å². The van der Waals surface area contributed by atoms with Crippen molar-refractivity contribution in [3.8, 4) is 6.07 Å². The second-order valence-electron chi connectivity index (χ2n) is 8.72. The number of esters is 1. The molecule has 35 heavy (non-hydrogen) atoms. The van der Waals surface area contributed by atoms with E-state index in [4.69, 9.17) is 9.15 Å². The number of hydrogen-bond acceptors (Lipinski definition) is 7. The molecule has 1 unspecified atom stereocenters. The number of carbonyl (C=O) groups is 2. The van der Waals surface area contributed by atoms with Crippen molar-refractivity contribution < 1.29 is 18.7 Å². The van der Waals surface area contributed by atoms with Gasteiger partial charge in [0, 0.05) is 11.7 Å². The van der Waals surface area contributed by atoms with Gasteiger partial charge in [-0.3, -0.25) is 4.79 Å². The Morgan fingerprint density at radius 1 is 1.17 bits per heavy atom. The Balaban J connectivity index is 1.51. The highest BCUT2D eigenvalue weighted by Gasteiger charge is 2.37. The van der Waals surface area contributed by atoms with E-state index in [9.17, 15) is 14.9 Å². The largest absolute Gasteiger partial charge is 0.468 e. The summed E-state index contributed by atoms with van der Waals surface area (Å²) in [4.78, 5) is 25.7. The van der Waals surface area contributed by atoms with E-state index >= 15 is 0 Å². The third kappa shape index (κ3) is 6.17. The smallest absolute Gasteiger partial charge is 0.337 e. The summed E-state index contributed by atoms with van der Waals surface area (Å²) in [6.45, 7) is 1.89. The molecule has 8 heteroatoms. The maximum Gasteiger partial charge on any atom is 0.337 e. The minimum Gasteiger partial charge on any atom is -0.468 e. The van der Waals surface area contributed by atoms with E-state index in [0.29, 0.717) is 27.6 Å². The van der Waals surface area contributed by atoms with E-state index in [1.807, 2.05) is 30.3 Å². The lowest BCUT2D eigenvalue weighted by atomic mass is 9.86. The molecular weight excluding hydrogens is 462 g/mol. The molecule has 0 radical (unpaired) electrons. The summed E-state index contributed by atoms with van der Waals surface area (Å²) >= 11 is 1.26. The standard InChI is InChI=1S/C27H29N3O4S/c1-18-24(27(32)34-16-19-9-4-2-5-10-19)25(22-13-8-14-33-22)21(15-28)26(29-18)35-17-23(31)30-20-11-6-3-7-12-20/h2,4-5,8-10,13-14,20,25,29H,3,6-7,11-12,16-17H2,1H3,(H,30,31). The number of furan rings is 1. The van der Waals surface area contributed by atoms with Crippen molar-refractivity contribution in [1.29, 1.82) is 5.26 Å². The molecule has 0 spiro atoms. The number of ether oxygens (including phenoxy) is 1. The highest BCUT2D eigenvalue weighted by atomic mass is 32.2. The van der Waals surface area contributed by atoms with Crippen LogP contribution < -0.4 is 10.6 Å². The van der Waals surface area contributed by atoms with Crippen molar-refractivity contribution in [3.05, 3.63) is 81.9 Å². The van der Waals surface area contributed by atoms with Crippen LogP contribution in [0.4, 0.5) is 0 Å². The number of dihydropyridines is 1. The molecular formula is C27H29N3O4S. The molecule has 1 atom stereocenters. The first-order valence-electron chi connectivity index (χ1n) is 11.9. The Morgan fingerprint density at radius 3 is 2.63 bits per heavy atom. The minimum atomic E-state index is -0.719. The highest BCUT2D eigenvalue weighted by Crippen LogP contribution is 2.41. The summed E-state index contributed by atoms with van der Waals surface area (Å²) in [6, 6.07) is 15.3. The number of nitrogens with one attached hydrogen (secondary N) is 2. The molecule has 1 aromatic heterocycles. The number of nitrogens with zero attached hydrogens (tertiary/aromatic N) is 1. The summed E-state index contributed by atoms with van der Waals surface area (Å²) in [5.74, 6) is -0.650. The number of benzene rings is 1. The molecule has 2 heterocycles. The van der Waals surface area contributed by atoms with Crippen LogP contribution in [-0.4, -0.2) is 23.7 Å². The minimum absolute atomic E-state index is 0.0576. The molecule has 2 N–H and O–H groups in total. The molecule has 2 aliphatic rings. The zero-order chi connectivity index (χ0) is 24.6. The van der Waals surface area contributed by atoms with Crippen molar-refractivity contribution in [3.63, 3.8) is 0 Å². The zero-order valence-corrected chi connectivity index (χ0v) is 20.5. The molecule has 1 saturated carbocycles. The summed E-state index contributed by atoms with van der Waals surface area (Å²) in [5.41, 5.74) is 2.09. The van der Waals surface area contributed by atoms with Crippen molar-refractivity contribution in [2.24, 2.45) is 0 Å². The van der Waals surface area contributed by atoms with Crippen LogP contribution in [0.2, 0.25) is 0 Å². The SMILES string of the molecule is CC1=C(C(=O)OCc2ccccc2)C(c2ccco2)C(C#N)=C(SCC(=O)NC2CCCCC2)N1. The lowest BCUT2D eigenvalue weighted by Gasteiger charge is -2.28. The fourth-order valence-corrected chi connectivity index (χ4v) is 5.39. The van der Waals surface area contributed by atoms with Gasteiger partial charge in [0.05, 0.1) is 40.2 Å². The van der Waals surface area contributed by atoms with Gasteiger partial charge in [0.25, 0.3) is 0 Å². The number of hydrogen-bond donors (Lipinski definition) is 2. The number of nitriles is 1. The van der Waals surface area contributed by atoms with Crippen LogP contribution in [0.25, 0.3) is 0 Å². The third-order valence-electron chi connectivity index (χ3n) is 6.23. The fraction of sp³-hybridized carbons (Fsp3) is 0.370. The Hall–Kier alpha value is -3.44. The van der Waals surface area contributed by atoms with Gasteiger partial charge in [0.1, 0.15) is 12.4 Å². The van der Waals surface area contributed by atoms with E-state index in [-0.39, 0.29) is 24.3 Å². The van der Waals surface area contributed by atoms with Crippen molar-refractivity contribution in [1.82, 2.24) is 10.6 Å². The van der Waals surface area contributed by atoms with E-state index in [0.717, 1.165) is 31.2 Å². The summed E-state index contributed by atoms with van der Waals surface area (Å²) in [5, 5.41) is 16.9. The third-order valence-corrected chi connectivity index (χ3v) is 7.24. The van der Waals surface area contributed by atoms with Gasteiger partial charge in [-0.05, 0) is 37.5 Å². The normalized spacial score (nSPS) is 18.6. The van der Waals surface area contributed by atoms with Crippen molar-refractivity contribution >= 4 is 23.6 Å². The number of thioether (sulfide) groups is 1. The molecule has 1 amide bonds. The average Bonchev–Trinajstić information content (AvgIpc) is 3.41. The molecule has 1 aliphatic carbocycles. The summed E-state index contributed by atoms with van der Waals surface area (Å²) in [7, 11) is 0. The highest BCUT2D eigenvalue weighted by molar-refractivity contribution is 8.03. The average molecular weight is 492 g/mol. The second-order valence-corrected chi connectivity index (χ2v) is 9.71. The van der Waals surface area contributed by atoms with E-state index in [1.54, 1.807) is 19.1 Å². The van der Waals surface area contributed by atoms with Crippen LogP contribution in [0.3, 0.4) is 0 Å². The Labute approximate surface area is 209 Å². The van der Waals surface area contributed by atoms with Gasteiger partial charge in [0.15, 0.2) is 0 Å². The Morgan fingerprint density at radius 2 is 1.94 bits per heavy atom. The van der Waals surface area contributed by atoms with Gasteiger partial charge in [-0.1, -0.05) is 61.4 Å². The lowest BCUT2D eigenvalue weighted by Crippen LogP contribution is -2.37. The number of amides is 1. The predicted octanol–water partition coefficient (Wildman–Crippen LogP) is 4.90. The Bertz CT molecular complexity index is 1140. The first-order chi connectivity index (χ1) is 17.1. The molecule has 0 saturated heterocycles. The Kier molecular flexibility index (Phi) is 8.32. The molecule has 182 valence electrons. The number of carbonyl (C=O) groups excluding carboxylic acids is 2. The molecule has 1 aliphatic heterocycles. The van der Waals surface area contributed by atoms with Crippen LogP contribution in [0.15, 0.2) is 75.0 Å². The number of allylic oxidation sites excluding steroid dienone is 2. The molecule has 4 rings (SSSR count). The van der Waals surface area contributed by atoms with Crippen LogP contribution >= 0.6 is 11.8 Å². The van der Waals surface area contributed by atoms with Gasteiger partial charge in [-0.2, -0.15) is 5.26 Å². The maximum absolute atomic E-state index is 13.2. The monoisotopic (exact) mass is 491 g/mol. The summed E-state index contributed by atoms with van der Waals surface area (Å²) < 4.78 is 11.2. The van der Waals surface area contributed by atoms with Crippen LogP contribution in [0.1, 0.15) is 56.3 Å². The van der Waals surface area contributed by atoms with Crippen LogP contribution in [0, 0.1) is 11.3 Å². The molecule has 2 aromatic rings. The van der Waals surface area contributed by atoms with E-state index < -0.39 is 11.9 Å². The van der Waals surface area contributed by atoms with Crippen LogP contribution in [0.5, 0.6) is 0 Å². The quantitative estimate of drug-likeness (QED) is 0.506. The van der Waals surface area contributed by atoms with Crippen LogP contribution in [-0.2, 0) is 20.9 Å². The first-order valence-corrected chi connectivity index (χ1v) is 12.8. The molecule has 1 fully saturated rings. The predicted molar refractivity (Wildman–Crippen MR) is 134 cm³/mol. The van der Waals surface area contributed by atoms with Gasteiger partial charge in [-0.25, -0.2) is 4.79 Å². The van der Waals surface area contributed by atoms with Crippen molar-refractivity contribution in [2.75, 3.05) is 5.75 Å². The van der Waals surface area contributed by atoms with E-state index in [2.05, 4.69) is 16.7 Å². The van der Waals surface area contributed by atoms with Gasteiger partial charge >= 0.3 is 5.97 Å². The maximum atomic E-state index is 13.2. The first kappa shape index (κ1) is 24.7. The summed E-state index contributed by atoms with van der Waals surface area (Å²) in [6.07, 6.45) is 7.04. The van der Waals surface area contributed by atoms with Gasteiger partial charge in [0.2, 0.25) is 5.91 Å². The topological polar surface area (TPSA) is 104 Å². The number of rotatable bonds is 8.